The van der Waals surface area contributed by atoms with Gasteiger partial charge in [-0.15, -0.1) is 0 Å². The molecule has 26 heavy (non-hydrogen) atoms. The van der Waals surface area contributed by atoms with Crippen LogP contribution in [0, 0.1) is 5.82 Å². The lowest BCUT2D eigenvalue weighted by atomic mass is 10.1. The van der Waals surface area contributed by atoms with Crippen molar-refractivity contribution in [3.8, 4) is 16.9 Å². The Bertz CT molecular complexity index is 995. The Kier molecular flexibility index (Phi) is 3.91. The van der Waals surface area contributed by atoms with E-state index < -0.39 is 17.6 Å². The molecular weight excluding hydrogens is 370 g/mol. The third kappa shape index (κ3) is 2.72. The van der Waals surface area contributed by atoms with Gasteiger partial charge in [-0.2, -0.15) is 18.3 Å². The van der Waals surface area contributed by atoms with Crippen molar-refractivity contribution in [3.05, 3.63) is 64.4 Å². The summed E-state index contributed by atoms with van der Waals surface area (Å²) in [5.41, 5.74) is 0.838. The number of nitrogens with zero attached hydrogens (tertiary/aromatic N) is 2. The van der Waals surface area contributed by atoms with Gasteiger partial charge in [0.05, 0.1) is 22.0 Å². The first-order chi connectivity index (χ1) is 12.4. The van der Waals surface area contributed by atoms with Crippen molar-refractivity contribution >= 4 is 17.4 Å². The molecule has 4 rings (SSSR count). The summed E-state index contributed by atoms with van der Waals surface area (Å²) in [5.74, 6) is 0.00691. The second-order valence-corrected chi connectivity index (χ2v) is 6.31. The van der Waals surface area contributed by atoms with Crippen molar-refractivity contribution in [2.75, 3.05) is 11.9 Å². The summed E-state index contributed by atoms with van der Waals surface area (Å²) in [5, 5.41) is 7.63. The number of nitrogens with one attached hydrogen (secondary N) is 1. The Morgan fingerprint density at radius 1 is 1.12 bits per heavy atom. The molecular formula is C18H12ClF4N3. The molecule has 3 nitrogen and oxygen atoms in total. The maximum absolute atomic E-state index is 13.4. The van der Waals surface area contributed by atoms with Crippen LogP contribution in [0.25, 0.3) is 16.9 Å². The van der Waals surface area contributed by atoms with Gasteiger partial charge in [-0.25, -0.2) is 9.07 Å². The molecule has 0 amide bonds. The lowest BCUT2D eigenvalue weighted by Gasteiger charge is -2.14. The average molecular weight is 382 g/mol. The molecule has 1 N–H and O–H groups in total. The summed E-state index contributed by atoms with van der Waals surface area (Å²) >= 11 is 6.14. The van der Waals surface area contributed by atoms with Crippen molar-refractivity contribution in [2.24, 2.45) is 0 Å². The number of anilines is 1. The highest BCUT2D eigenvalue weighted by atomic mass is 35.5. The fourth-order valence-corrected chi connectivity index (χ4v) is 3.40. The predicted octanol–water partition coefficient (Wildman–Crippen LogP) is 5.32. The fourth-order valence-electron chi connectivity index (χ4n) is 3.14. The van der Waals surface area contributed by atoms with E-state index in [4.69, 9.17) is 11.6 Å². The lowest BCUT2D eigenvalue weighted by Crippen LogP contribution is -2.13. The standard InChI is InChI=1S/C18H12ClF4N3/c19-14-9-10(20)5-6-11(14)16-12-7-8-24-17(12)26(25-16)15-4-2-1-3-13(15)18(21,22)23/h1-6,9,24H,7-8H2. The molecule has 8 heteroatoms. The molecule has 1 aliphatic heterocycles. The van der Waals surface area contributed by atoms with E-state index in [1.165, 1.54) is 35.0 Å². The second kappa shape index (κ2) is 6.02. The summed E-state index contributed by atoms with van der Waals surface area (Å²) in [7, 11) is 0. The number of fused-ring (bicyclic) bond motifs is 1. The Morgan fingerprint density at radius 2 is 1.88 bits per heavy atom. The Labute approximate surface area is 151 Å². The Morgan fingerprint density at radius 3 is 2.62 bits per heavy atom. The third-order valence-corrected chi connectivity index (χ3v) is 4.59. The highest BCUT2D eigenvalue weighted by Gasteiger charge is 2.35. The first-order valence-corrected chi connectivity index (χ1v) is 8.22. The van der Waals surface area contributed by atoms with Gasteiger partial charge in [0.2, 0.25) is 0 Å². The smallest absolute Gasteiger partial charge is 0.369 e. The van der Waals surface area contributed by atoms with Gasteiger partial charge in [0.25, 0.3) is 0 Å². The predicted molar refractivity (Wildman–Crippen MR) is 91.2 cm³/mol. The van der Waals surface area contributed by atoms with Crippen LogP contribution >= 0.6 is 11.6 Å². The van der Waals surface area contributed by atoms with Crippen molar-refractivity contribution in [2.45, 2.75) is 12.6 Å². The molecule has 0 aliphatic carbocycles. The van der Waals surface area contributed by atoms with Crippen LogP contribution in [0.4, 0.5) is 23.4 Å². The van der Waals surface area contributed by atoms with Gasteiger partial charge < -0.3 is 5.32 Å². The van der Waals surface area contributed by atoms with E-state index in [-0.39, 0.29) is 10.7 Å². The van der Waals surface area contributed by atoms with Crippen LogP contribution in [-0.4, -0.2) is 16.3 Å². The zero-order chi connectivity index (χ0) is 18.5. The molecule has 0 saturated carbocycles. The molecule has 3 aromatic rings. The number of aromatic nitrogens is 2. The van der Waals surface area contributed by atoms with Crippen molar-refractivity contribution < 1.29 is 17.6 Å². The number of benzene rings is 2. The van der Waals surface area contributed by atoms with Crippen LogP contribution < -0.4 is 5.32 Å². The summed E-state index contributed by atoms with van der Waals surface area (Å²) in [6, 6.07) is 9.14. The highest BCUT2D eigenvalue weighted by Crippen LogP contribution is 2.40. The van der Waals surface area contributed by atoms with E-state index in [2.05, 4.69) is 10.4 Å². The van der Waals surface area contributed by atoms with E-state index >= 15 is 0 Å². The largest absolute Gasteiger partial charge is 0.418 e. The van der Waals surface area contributed by atoms with Gasteiger partial charge in [-0.1, -0.05) is 23.7 Å². The molecule has 2 aromatic carbocycles. The molecule has 0 atom stereocenters. The second-order valence-electron chi connectivity index (χ2n) is 5.90. The lowest BCUT2D eigenvalue weighted by molar-refractivity contribution is -0.137. The van der Waals surface area contributed by atoms with Crippen molar-refractivity contribution in [3.63, 3.8) is 0 Å². The van der Waals surface area contributed by atoms with Crippen LogP contribution in [0.2, 0.25) is 5.02 Å². The molecule has 134 valence electrons. The zero-order valence-corrected chi connectivity index (χ0v) is 14.0. The van der Waals surface area contributed by atoms with Gasteiger partial charge in [-0.3, -0.25) is 0 Å². The maximum Gasteiger partial charge on any atom is 0.418 e. The number of hydrogen-bond acceptors (Lipinski definition) is 2. The third-order valence-electron chi connectivity index (χ3n) is 4.27. The quantitative estimate of drug-likeness (QED) is 0.609. The zero-order valence-electron chi connectivity index (χ0n) is 13.2. The first kappa shape index (κ1) is 16.9. The van der Waals surface area contributed by atoms with Crippen LogP contribution in [0.1, 0.15) is 11.1 Å². The SMILES string of the molecule is Fc1ccc(-c2nn(-c3ccccc3C(F)(F)F)c3c2CCN3)c(Cl)c1. The van der Waals surface area contributed by atoms with Gasteiger partial charge in [-0.05, 0) is 36.8 Å². The molecule has 0 bridgehead atoms. The molecule has 0 saturated heterocycles. The van der Waals surface area contributed by atoms with Gasteiger partial charge in [0.1, 0.15) is 11.6 Å². The van der Waals surface area contributed by atoms with Crippen molar-refractivity contribution in [1.82, 2.24) is 9.78 Å². The molecule has 0 radical (unpaired) electrons. The number of hydrogen-bond donors (Lipinski definition) is 1. The molecule has 0 unspecified atom stereocenters. The monoisotopic (exact) mass is 381 g/mol. The number of halogens is 5. The Balaban J connectivity index is 1.94. The van der Waals surface area contributed by atoms with E-state index in [0.29, 0.717) is 30.0 Å². The minimum absolute atomic E-state index is 0.0739. The van der Waals surface area contributed by atoms with E-state index in [1.54, 1.807) is 0 Å². The maximum atomic E-state index is 13.4. The first-order valence-electron chi connectivity index (χ1n) is 7.84. The number of rotatable bonds is 2. The summed E-state index contributed by atoms with van der Waals surface area (Å²) in [6.07, 6.45) is -3.92. The molecule has 1 aromatic heterocycles. The molecule has 2 heterocycles. The summed E-state index contributed by atoms with van der Waals surface area (Å²) in [4.78, 5) is 0. The van der Waals surface area contributed by atoms with Crippen LogP contribution in [0.5, 0.6) is 0 Å². The van der Waals surface area contributed by atoms with Crippen LogP contribution in [0.15, 0.2) is 42.5 Å². The fraction of sp³-hybridized carbons (Fsp3) is 0.167. The van der Waals surface area contributed by atoms with E-state index in [9.17, 15) is 17.6 Å². The van der Waals surface area contributed by atoms with Crippen LogP contribution in [0.3, 0.4) is 0 Å². The summed E-state index contributed by atoms with van der Waals surface area (Å²) < 4.78 is 54.8. The number of alkyl halides is 3. The van der Waals surface area contributed by atoms with E-state index in [1.807, 2.05) is 0 Å². The molecule has 1 aliphatic rings. The Hall–Kier alpha value is -2.54. The minimum atomic E-state index is -4.51. The molecule has 0 spiro atoms. The van der Waals surface area contributed by atoms with Crippen molar-refractivity contribution in [1.29, 1.82) is 0 Å². The van der Waals surface area contributed by atoms with Crippen LogP contribution in [-0.2, 0) is 12.6 Å². The van der Waals surface area contributed by atoms with Gasteiger partial charge >= 0.3 is 6.18 Å². The minimum Gasteiger partial charge on any atom is -0.369 e. The average Bonchev–Trinajstić information content (AvgIpc) is 3.17. The summed E-state index contributed by atoms with van der Waals surface area (Å²) in [6.45, 7) is 0.577. The highest BCUT2D eigenvalue weighted by molar-refractivity contribution is 6.33. The number of para-hydroxylation sites is 1. The van der Waals surface area contributed by atoms with E-state index in [0.717, 1.165) is 17.7 Å². The molecule has 0 fully saturated rings. The van der Waals surface area contributed by atoms with Gasteiger partial charge in [0, 0.05) is 17.7 Å². The van der Waals surface area contributed by atoms with Gasteiger partial charge in [0.15, 0.2) is 0 Å². The topological polar surface area (TPSA) is 29.9 Å². The normalized spacial score (nSPS) is 13.6.